The molecular formula is C14H21N3O. The lowest BCUT2D eigenvalue weighted by Crippen LogP contribution is -2.39. The largest absolute Gasteiger partial charge is 0.368 e. The molecule has 1 saturated heterocycles. The van der Waals surface area contributed by atoms with Gasteiger partial charge < -0.3 is 11.5 Å². The van der Waals surface area contributed by atoms with E-state index in [1.165, 1.54) is 0 Å². The summed E-state index contributed by atoms with van der Waals surface area (Å²) >= 11 is 0. The molecule has 2 unspecified atom stereocenters. The second-order valence-corrected chi connectivity index (χ2v) is 5.45. The van der Waals surface area contributed by atoms with E-state index >= 15 is 0 Å². The Hall–Kier alpha value is -1.39. The summed E-state index contributed by atoms with van der Waals surface area (Å²) in [5, 5.41) is 0. The Morgan fingerprint density at radius 1 is 1.44 bits per heavy atom. The number of nitrogens with two attached hydrogens (primary N) is 2. The number of benzene rings is 1. The van der Waals surface area contributed by atoms with Gasteiger partial charge in [-0.1, -0.05) is 37.3 Å². The van der Waals surface area contributed by atoms with Crippen molar-refractivity contribution in [2.45, 2.75) is 19.4 Å². The molecule has 98 valence electrons. The summed E-state index contributed by atoms with van der Waals surface area (Å²) in [4.78, 5) is 13.9. The zero-order valence-corrected chi connectivity index (χ0v) is 10.8. The van der Waals surface area contributed by atoms with Crippen LogP contribution in [-0.4, -0.2) is 30.4 Å². The lowest BCUT2D eigenvalue weighted by molar-refractivity contribution is -0.123. The van der Waals surface area contributed by atoms with E-state index in [0.717, 1.165) is 25.1 Å². The molecule has 0 spiro atoms. The first-order chi connectivity index (χ1) is 8.56. The third-order valence-electron chi connectivity index (χ3n) is 3.83. The Morgan fingerprint density at radius 2 is 2.11 bits per heavy atom. The molecule has 4 heteroatoms. The Bertz CT molecular complexity index is 420. The summed E-state index contributed by atoms with van der Waals surface area (Å²) in [6.07, 6.45) is 1.01. The van der Waals surface area contributed by atoms with Crippen LogP contribution in [0.15, 0.2) is 30.3 Å². The third kappa shape index (κ3) is 2.54. The molecule has 2 rings (SSSR count). The number of nitrogens with zero attached hydrogens (tertiary/aromatic N) is 1. The highest BCUT2D eigenvalue weighted by atomic mass is 16.1. The molecule has 18 heavy (non-hydrogen) atoms. The number of hydrogen-bond acceptors (Lipinski definition) is 3. The second-order valence-electron chi connectivity index (χ2n) is 5.45. The maximum absolute atomic E-state index is 11.7. The SMILES string of the molecule is CC1(CN)CCN(C(C(N)=O)c2ccccc2)C1. The molecule has 0 aliphatic carbocycles. The number of primary amides is 1. The third-order valence-corrected chi connectivity index (χ3v) is 3.83. The topological polar surface area (TPSA) is 72.3 Å². The summed E-state index contributed by atoms with van der Waals surface area (Å²) in [7, 11) is 0. The quantitative estimate of drug-likeness (QED) is 0.829. The molecule has 2 atom stereocenters. The van der Waals surface area contributed by atoms with E-state index in [1.54, 1.807) is 0 Å². The molecule has 1 aliphatic rings. The normalized spacial score (nSPS) is 26.1. The fraction of sp³-hybridized carbons (Fsp3) is 0.500. The highest BCUT2D eigenvalue weighted by Gasteiger charge is 2.38. The number of hydrogen-bond donors (Lipinski definition) is 2. The Balaban J connectivity index is 2.21. The molecule has 4 N–H and O–H groups in total. The predicted octanol–water partition coefficient (Wildman–Crippen LogP) is 0.884. The Kier molecular flexibility index (Phi) is 3.68. The molecule has 1 heterocycles. The molecule has 0 aromatic heterocycles. The van der Waals surface area contributed by atoms with Crippen molar-refractivity contribution in [1.82, 2.24) is 4.90 Å². The first-order valence-corrected chi connectivity index (χ1v) is 6.34. The van der Waals surface area contributed by atoms with Crippen LogP contribution in [0.1, 0.15) is 24.9 Å². The van der Waals surface area contributed by atoms with Gasteiger partial charge in [0.15, 0.2) is 0 Å². The van der Waals surface area contributed by atoms with Gasteiger partial charge in [-0.05, 0) is 30.5 Å². The van der Waals surface area contributed by atoms with Gasteiger partial charge in [0.25, 0.3) is 0 Å². The van der Waals surface area contributed by atoms with Gasteiger partial charge in [-0.25, -0.2) is 0 Å². The van der Waals surface area contributed by atoms with Gasteiger partial charge in [-0.15, -0.1) is 0 Å². The average molecular weight is 247 g/mol. The van der Waals surface area contributed by atoms with Gasteiger partial charge in [-0.3, -0.25) is 9.69 Å². The minimum Gasteiger partial charge on any atom is -0.368 e. The van der Waals surface area contributed by atoms with Crippen LogP contribution in [0.5, 0.6) is 0 Å². The van der Waals surface area contributed by atoms with Crippen LogP contribution in [0.25, 0.3) is 0 Å². The van der Waals surface area contributed by atoms with Gasteiger partial charge >= 0.3 is 0 Å². The highest BCUT2D eigenvalue weighted by molar-refractivity contribution is 5.81. The van der Waals surface area contributed by atoms with Crippen molar-refractivity contribution >= 4 is 5.91 Å². The van der Waals surface area contributed by atoms with E-state index in [-0.39, 0.29) is 17.4 Å². The van der Waals surface area contributed by atoms with E-state index in [1.807, 2.05) is 30.3 Å². The maximum Gasteiger partial charge on any atom is 0.239 e. The lowest BCUT2D eigenvalue weighted by Gasteiger charge is -2.28. The second kappa shape index (κ2) is 5.08. The number of carbonyl (C=O) groups excluding carboxylic acids is 1. The van der Waals surface area contributed by atoms with Crippen LogP contribution >= 0.6 is 0 Å². The summed E-state index contributed by atoms with van der Waals surface area (Å²) in [5.41, 5.74) is 12.4. The van der Waals surface area contributed by atoms with Crippen molar-refractivity contribution in [1.29, 1.82) is 0 Å². The van der Waals surface area contributed by atoms with Gasteiger partial charge in [0.2, 0.25) is 5.91 Å². The summed E-state index contributed by atoms with van der Waals surface area (Å²) in [5.74, 6) is -0.289. The molecule has 0 saturated carbocycles. The van der Waals surface area contributed by atoms with E-state index in [2.05, 4.69) is 11.8 Å². The molecule has 0 radical (unpaired) electrons. The number of amides is 1. The smallest absolute Gasteiger partial charge is 0.239 e. The molecule has 1 fully saturated rings. The molecule has 1 aromatic carbocycles. The van der Waals surface area contributed by atoms with Crippen LogP contribution in [0, 0.1) is 5.41 Å². The molecule has 0 bridgehead atoms. The van der Waals surface area contributed by atoms with Crippen molar-refractivity contribution in [2.24, 2.45) is 16.9 Å². The van der Waals surface area contributed by atoms with E-state index in [9.17, 15) is 4.79 Å². The summed E-state index contributed by atoms with van der Waals surface area (Å²) in [6, 6.07) is 9.38. The van der Waals surface area contributed by atoms with Crippen molar-refractivity contribution in [2.75, 3.05) is 19.6 Å². The highest BCUT2D eigenvalue weighted by Crippen LogP contribution is 2.34. The fourth-order valence-corrected chi connectivity index (χ4v) is 2.64. The standard InChI is InChI=1S/C14H21N3O/c1-14(9-15)7-8-17(10-14)12(13(16)18)11-5-3-2-4-6-11/h2-6,12H,7-10,15H2,1H3,(H2,16,18). The monoisotopic (exact) mass is 247 g/mol. The van der Waals surface area contributed by atoms with Gasteiger partial charge in [0.05, 0.1) is 0 Å². The van der Waals surface area contributed by atoms with Gasteiger partial charge in [-0.2, -0.15) is 0 Å². The van der Waals surface area contributed by atoms with E-state index in [4.69, 9.17) is 11.5 Å². The van der Waals surface area contributed by atoms with E-state index in [0.29, 0.717) is 6.54 Å². The van der Waals surface area contributed by atoms with Crippen LogP contribution in [0.2, 0.25) is 0 Å². The Labute approximate surface area is 108 Å². The first kappa shape index (κ1) is 13.1. The molecular weight excluding hydrogens is 226 g/mol. The predicted molar refractivity (Wildman–Crippen MR) is 71.7 cm³/mol. The molecule has 1 aliphatic heterocycles. The average Bonchev–Trinajstić information content (AvgIpc) is 2.74. The van der Waals surface area contributed by atoms with Gasteiger partial charge in [0.1, 0.15) is 6.04 Å². The van der Waals surface area contributed by atoms with Crippen molar-refractivity contribution < 1.29 is 4.79 Å². The Morgan fingerprint density at radius 3 is 2.61 bits per heavy atom. The molecule has 1 amide bonds. The van der Waals surface area contributed by atoms with Crippen LogP contribution in [0.3, 0.4) is 0 Å². The number of carbonyl (C=O) groups is 1. The van der Waals surface area contributed by atoms with Crippen LogP contribution in [-0.2, 0) is 4.79 Å². The van der Waals surface area contributed by atoms with Crippen molar-refractivity contribution in [3.63, 3.8) is 0 Å². The van der Waals surface area contributed by atoms with Crippen LogP contribution in [0.4, 0.5) is 0 Å². The summed E-state index contributed by atoms with van der Waals surface area (Å²) < 4.78 is 0. The first-order valence-electron chi connectivity index (χ1n) is 6.34. The number of rotatable bonds is 4. The zero-order chi connectivity index (χ0) is 13.2. The van der Waals surface area contributed by atoms with Crippen LogP contribution < -0.4 is 11.5 Å². The van der Waals surface area contributed by atoms with Gasteiger partial charge in [0, 0.05) is 6.54 Å². The molecule has 1 aromatic rings. The molecule has 4 nitrogen and oxygen atoms in total. The maximum atomic E-state index is 11.7. The number of likely N-dealkylation sites (tertiary alicyclic amines) is 1. The lowest BCUT2D eigenvalue weighted by atomic mass is 9.90. The minimum atomic E-state index is -0.334. The van der Waals surface area contributed by atoms with Crippen molar-refractivity contribution in [3.8, 4) is 0 Å². The fourth-order valence-electron chi connectivity index (χ4n) is 2.64. The van der Waals surface area contributed by atoms with Crippen molar-refractivity contribution in [3.05, 3.63) is 35.9 Å². The summed E-state index contributed by atoms with van der Waals surface area (Å²) in [6.45, 7) is 4.50. The minimum absolute atomic E-state index is 0.0997. The van der Waals surface area contributed by atoms with E-state index < -0.39 is 0 Å². The zero-order valence-electron chi connectivity index (χ0n) is 10.8.